The third kappa shape index (κ3) is 2.66. The van der Waals surface area contributed by atoms with Crippen molar-refractivity contribution in [3.8, 4) is 6.07 Å². The average Bonchev–Trinajstić information content (AvgIpc) is 2.87. The smallest absolute Gasteiger partial charge is 0.208 e. The normalized spacial score (nSPS) is 24.3. The highest BCUT2D eigenvalue weighted by molar-refractivity contribution is 8.01. The van der Waals surface area contributed by atoms with Crippen LogP contribution in [0.5, 0.6) is 0 Å². The maximum Gasteiger partial charge on any atom is 0.208 e. The van der Waals surface area contributed by atoms with E-state index >= 15 is 0 Å². The van der Waals surface area contributed by atoms with Gasteiger partial charge in [0, 0.05) is 25.3 Å². The third-order valence-electron chi connectivity index (χ3n) is 2.61. The molecule has 6 heteroatoms. The van der Waals surface area contributed by atoms with Gasteiger partial charge in [0.05, 0.1) is 6.07 Å². The summed E-state index contributed by atoms with van der Waals surface area (Å²) >= 11 is 3.40. The van der Waals surface area contributed by atoms with E-state index in [4.69, 9.17) is 5.26 Å². The van der Waals surface area contributed by atoms with Crippen molar-refractivity contribution in [2.75, 3.05) is 19.0 Å². The Morgan fingerprint density at radius 2 is 2.25 bits per heavy atom. The first-order chi connectivity index (χ1) is 7.69. The van der Waals surface area contributed by atoms with Crippen molar-refractivity contribution in [3.05, 3.63) is 0 Å². The SMILES string of the molecule is CN(C)c1nnc(SC2CCC(C#N)C2)s1. The minimum absolute atomic E-state index is 0.249. The topological polar surface area (TPSA) is 52.8 Å². The van der Waals surface area contributed by atoms with Crippen LogP contribution in [0.3, 0.4) is 0 Å². The Hall–Kier alpha value is -0.800. The summed E-state index contributed by atoms with van der Waals surface area (Å²) in [4.78, 5) is 1.97. The zero-order valence-electron chi connectivity index (χ0n) is 9.38. The van der Waals surface area contributed by atoms with Gasteiger partial charge < -0.3 is 4.90 Å². The molecule has 1 heterocycles. The Labute approximate surface area is 104 Å². The lowest BCUT2D eigenvalue weighted by molar-refractivity contribution is 0.703. The summed E-state index contributed by atoms with van der Waals surface area (Å²) in [5.74, 6) is 0.249. The number of nitrogens with zero attached hydrogens (tertiary/aromatic N) is 4. The van der Waals surface area contributed by atoms with Gasteiger partial charge in [0.15, 0.2) is 4.34 Å². The van der Waals surface area contributed by atoms with Gasteiger partial charge >= 0.3 is 0 Å². The van der Waals surface area contributed by atoms with Gasteiger partial charge in [0.2, 0.25) is 5.13 Å². The molecule has 1 aliphatic rings. The van der Waals surface area contributed by atoms with E-state index in [-0.39, 0.29) is 5.92 Å². The van der Waals surface area contributed by atoms with Crippen LogP contribution in [0.1, 0.15) is 19.3 Å². The maximum absolute atomic E-state index is 8.84. The van der Waals surface area contributed by atoms with Crippen molar-refractivity contribution in [1.82, 2.24) is 10.2 Å². The minimum atomic E-state index is 0.249. The Morgan fingerprint density at radius 3 is 2.81 bits per heavy atom. The molecule has 1 aromatic heterocycles. The summed E-state index contributed by atoms with van der Waals surface area (Å²) in [5.41, 5.74) is 0. The first kappa shape index (κ1) is 11.7. The molecule has 16 heavy (non-hydrogen) atoms. The zero-order valence-corrected chi connectivity index (χ0v) is 11.0. The standard InChI is InChI=1S/C10H14N4S2/c1-14(2)9-12-13-10(16-9)15-8-4-3-7(5-8)6-11/h7-8H,3-5H2,1-2H3. The molecule has 2 rings (SSSR count). The summed E-state index contributed by atoms with van der Waals surface area (Å²) in [5, 5.41) is 18.6. The highest BCUT2D eigenvalue weighted by Crippen LogP contribution is 2.39. The highest BCUT2D eigenvalue weighted by atomic mass is 32.2. The van der Waals surface area contributed by atoms with Crippen LogP contribution < -0.4 is 4.90 Å². The molecule has 1 aromatic rings. The molecule has 2 atom stereocenters. The van der Waals surface area contributed by atoms with Gasteiger partial charge in [-0.2, -0.15) is 5.26 Å². The number of thioether (sulfide) groups is 1. The van der Waals surface area contributed by atoms with Crippen LogP contribution in [-0.2, 0) is 0 Å². The molecule has 1 saturated carbocycles. The van der Waals surface area contributed by atoms with E-state index in [0.29, 0.717) is 5.25 Å². The monoisotopic (exact) mass is 254 g/mol. The zero-order chi connectivity index (χ0) is 11.5. The number of nitriles is 1. The number of hydrogen-bond acceptors (Lipinski definition) is 6. The molecule has 1 fully saturated rings. The van der Waals surface area contributed by atoms with Crippen LogP contribution in [0.4, 0.5) is 5.13 Å². The molecule has 0 saturated heterocycles. The van der Waals surface area contributed by atoms with Gasteiger partial charge in [0.25, 0.3) is 0 Å². The van der Waals surface area contributed by atoms with Crippen molar-refractivity contribution < 1.29 is 0 Å². The number of hydrogen-bond donors (Lipinski definition) is 0. The average molecular weight is 254 g/mol. The summed E-state index contributed by atoms with van der Waals surface area (Å²) in [6, 6.07) is 2.35. The van der Waals surface area contributed by atoms with E-state index < -0.39 is 0 Å². The molecule has 0 spiro atoms. The lowest BCUT2D eigenvalue weighted by atomic mass is 10.1. The molecule has 0 radical (unpaired) electrons. The lowest BCUT2D eigenvalue weighted by Gasteiger charge is -2.05. The fourth-order valence-electron chi connectivity index (χ4n) is 1.74. The molecule has 0 bridgehead atoms. The predicted molar refractivity (Wildman–Crippen MR) is 66.8 cm³/mol. The van der Waals surface area contributed by atoms with Crippen LogP contribution in [0.25, 0.3) is 0 Å². The second kappa shape index (κ2) is 5.02. The molecule has 4 nitrogen and oxygen atoms in total. The van der Waals surface area contributed by atoms with E-state index in [1.807, 2.05) is 19.0 Å². The third-order valence-corrected chi connectivity index (χ3v) is 5.08. The van der Waals surface area contributed by atoms with Crippen molar-refractivity contribution in [2.24, 2.45) is 5.92 Å². The van der Waals surface area contributed by atoms with E-state index in [1.165, 1.54) is 0 Å². The highest BCUT2D eigenvalue weighted by Gasteiger charge is 2.26. The minimum Gasteiger partial charge on any atom is -0.353 e. The quantitative estimate of drug-likeness (QED) is 0.829. The Balaban J connectivity index is 1.92. The molecule has 0 aromatic carbocycles. The van der Waals surface area contributed by atoms with Gasteiger partial charge in [-0.1, -0.05) is 23.1 Å². The maximum atomic E-state index is 8.84. The van der Waals surface area contributed by atoms with Gasteiger partial charge in [-0.25, -0.2) is 0 Å². The van der Waals surface area contributed by atoms with E-state index in [0.717, 1.165) is 28.7 Å². The first-order valence-electron chi connectivity index (χ1n) is 5.26. The number of aromatic nitrogens is 2. The number of anilines is 1. The summed E-state index contributed by atoms with van der Waals surface area (Å²) < 4.78 is 1.02. The molecule has 0 N–H and O–H groups in total. The summed E-state index contributed by atoms with van der Waals surface area (Å²) in [6.45, 7) is 0. The first-order valence-corrected chi connectivity index (χ1v) is 6.95. The Morgan fingerprint density at radius 1 is 1.44 bits per heavy atom. The second-order valence-electron chi connectivity index (χ2n) is 4.12. The largest absolute Gasteiger partial charge is 0.353 e. The van der Waals surface area contributed by atoms with Crippen LogP contribution in [0.15, 0.2) is 4.34 Å². The Kier molecular flexibility index (Phi) is 3.66. The summed E-state index contributed by atoms with van der Waals surface area (Å²) in [6.07, 6.45) is 3.16. The van der Waals surface area contributed by atoms with E-state index in [9.17, 15) is 0 Å². The molecule has 86 valence electrons. The molecule has 0 amide bonds. The lowest BCUT2D eigenvalue weighted by Crippen LogP contribution is -2.07. The molecular formula is C10H14N4S2. The second-order valence-corrected chi connectivity index (χ2v) is 6.63. The van der Waals surface area contributed by atoms with Gasteiger partial charge in [-0.05, 0) is 19.3 Å². The van der Waals surface area contributed by atoms with Gasteiger partial charge in [-0.15, -0.1) is 10.2 Å². The van der Waals surface area contributed by atoms with Crippen LogP contribution >= 0.6 is 23.1 Å². The van der Waals surface area contributed by atoms with Crippen molar-refractivity contribution >= 4 is 28.2 Å². The van der Waals surface area contributed by atoms with Gasteiger partial charge in [0.1, 0.15) is 0 Å². The van der Waals surface area contributed by atoms with Crippen LogP contribution in [0, 0.1) is 17.2 Å². The van der Waals surface area contributed by atoms with Crippen molar-refractivity contribution in [3.63, 3.8) is 0 Å². The fraction of sp³-hybridized carbons (Fsp3) is 0.700. The van der Waals surface area contributed by atoms with Crippen molar-refractivity contribution in [1.29, 1.82) is 5.26 Å². The molecular weight excluding hydrogens is 240 g/mol. The molecule has 0 aliphatic heterocycles. The van der Waals surface area contributed by atoms with Gasteiger partial charge in [-0.3, -0.25) is 0 Å². The predicted octanol–water partition coefficient (Wildman–Crippen LogP) is 2.39. The van der Waals surface area contributed by atoms with Crippen molar-refractivity contribution in [2.45, 2.75) is 28.9 Å². The van der Waals surface area contributed by atoms with Crippen LogP contribution in [0.2, 0.25) is 0 Å². The fourth-order valence-corrected chi connectivity index (χ4v) is 4.02. The van der Waals surface area contributed by atoms with Crippen LogP contribution in [-0.4, -0.2) is 29.5 Å². The summed E-state index contributed by atoms with van der Waals surface area (Å²) in [7, 11) is 3.94. The molecule has 1 aliphatic carbocycles. The Bertz CT molecular complexity index is 396. The number of rotatable bonds is 3. The molecule has 2 unspecified atom stereocenters. The van der Waals surface area contributed by atoms with E-state index in [1.54, 1.807) is 23.1 Å². The van der Waals surface area contributed by atoms with E-state index in [2.05, 4.69) is 16.3 Å².